The van der Waals surface area contributed by atoms with Gasteiger partial charge in [-0.2, -0.15) is 0 Å². The maximum Gasteiger partial charge on any atom is 0.143 e. The fraction of sp³-hybridized carbons (Fsp3) is 0.286. The summed E-state index contributed by atoms with van der Waals surface area (Å²) in [6, 6.07) is 0. The number of rotatable bonds is 2. The second-order valence-corrected chi connectivity index (χ2v) is 1.17. The number of hydrogen-bond acceptors (Lipinski definition) is 2. The van der Waals surface area contributed by atoms with Crippen LogP contribution in [0.3, 0.4) is 0 Å². The van der Waals surface area contributed by atoms with Gasteiger partial charge >= 0.3 is 0 Å². The van der Waals surface area contributed by atoms with Gasteiger partial charge in [0.2, 0.25) is 0 Å². The molecule has 0 aliphatic carbocycles. The average Bonchev–Trinajstić information content (AvgIpc) is 1.89. The van der Waals surface area contributed by atoms with E-state index in [1.54, 1.807) is 0 Å². The van der Waals surface area contributed by atoms with E-state index in [0.717, 1.165) is 0 Å². The van der Waals surface area contributed by atoms with Crippen LogP contribution >= 0.6 is 0 Å². The SMILES string of the molecule is CCOC#C/C=C/C=O. The lowest BCUT2D eigenvalue weighted by atomic mass is 10.5. The number of ether oxygens (including phenoxy) is 1. The second kappa shape index (κ2) is 6.77. The lowest BCUT2D eigenvalue weighted by molar-refractivity contribution is -0.104. The van der Waals surface area contributed by atoms with Crippen LogP contribution in [0, 0.1) is 12.0 Å². The largest absolute Gasteiger partial charge is 0.447 e. The van der Waals surface area contributed by atoms with Crippen molar-refractivity contribution in [1.29, 1.82) is 0 Å². The Balaban J connectivity index is 3.36. The molecule has 0 aliphatic rings. The van der Waals surface area contributed by atoms with Crippen molar-refractivity contribution >= 4 is 6.29 Å². The Labute approximate surface area is 54.5 Å². The zero-order valence-corrected chi connectivity index (χ0v) is 5.26. The van der Waals surface area contributed by atoms with Crippen molar-refractivity contribution in [2.75, 3.05) is 6.61 Å². The lowest BCUT2D eigenvalue weighted by Crippen LogP contribution is -1.75. The molecule has 48 valence electrons. The molecule has 0 aromatic heterocycles. The highest BCUT2D eigenvalue weighted by Crippen LogP contribution is 1.67. The molecule has 0 aromatic rings. The van der Waals surface area contributed by atoms with Gasteiger partial charge in [0, 0.05) is 0 Å². The van der Waals surface area contributed by atoms with Crippen LogP contribution in [-0.4, -0.2) is 12.9 Å². The van der Waals surface area contributed by atoms with E-state index in [0.29, 0.717) is 12.9 Å². The van der Waals surface area contributed by atoms with Crippen LogP contribution in [0.15, 0.2) is 12.2 Å². The fourth-order valence-electron chi connectivity index (χ4n) is 0.235. The molecule has 0 unspecified atom stereocenters. The van der Waals surface area contributed by atoms with E-state index in [9.17, 15) is 4.79 Å². The Hall–Kier alpha value is -1.23. The summed E-state index contributed by atoms with van der Waals surface area (Å²) in [6.45, 7) is 2.42. The highest BCUT2D eigenvalue weighted by molar-refractivity contribution is 5.65. The number of carbonyl (C=O) groups excluding carboxylic acids is 1. The van der Waals surface area contributed by atoms with Gasteiger partial charge < -0.3 is 4.74 Å². The van der Waals surface area contributed by atoms with E-state index in [2.05, 4.69) is 16.8 Å². The van der Waals surface area contributed by atoms with Crippen LogP contribution in [0.4, 0.5) is 0 Å². The minimum absolute atomic E-state index is 0.571. The maximum atomic E-state index is 9.64. The first-order valence-electron chi connectivity index (χ1n) is 2.64. The van der Waals surface area contributed by atoms with Crippen molar-refractivity contribution in [2.45, 2.75) is 6.92 Å². The Kier molecular flexibility index (Phi) is 5.84. The second-order valence-electron chi connectivity index (χ2n) is 1.17. The number of allylic oxidation sites excluding steroid dienone is 2. The van der Waals surface area contributed by atoms with Gasteiger partial charge in [-0.3, -0.25) is 4.79 Å². The predicted octanol–water partition coefficient (Wildman–Crippen LogP) is 0.739. The standard InChI is InChI=1S/C7H8O2/c1-2-9-7-5-3-4-6-8/h3-4,6H,2H2,1H3/b4-3+. The molecule has 0 aliphatic heterocycles. The van der Waals surface area contributed by atoms with E-state index in [4.69, 9.17) is 0 Å². The minimum Gasteiger partial charge on any atom is -0.447 e. The van der Waals surface area contributed by atoms with Gasteiger partial charge in [-0.1, -0.05) is 0 Å². The first-order valence-corrected chi connectivity index (χ1v) is 2.64. The third kappa shape index (κ3) is 6.77. The smallest absolute Gasteiger partial charge is 0.143 e. The van der Waals surface area contributed by atoms with Gasteiger partial charge in [-0.25, -0.2) is 0 Å². The summed E-state index contributed by atoms with van der Waals surface area (Å²) in [6.07, 6.45) is 5.79. The van der Waals surface area contributed by atoms with Gasteiger partial charge in [0.25, 0.3) is 0 Å². The molecule has 0 aromatic carbocycles. The molecule has 0 bridgehead atoms. The van der Waals surface area contributed by atoms with E-state index in [1.807, 2.05) is 6.92 Å². The number of hydrogen-bond donors (Lipinski definition) is 0. The molecule has 0 saturated carbocycles. The molecule has 0 amide bonds. The van der Waals surface area contributed by atoms with Crippen LogP contribution in [0.5, 0.6) is 0 Å². The Morgan fingerprint density at radius 3 is 3.00 bits per heavy atom. The molecule has 0 N–H and O–H groups in total. The van der Waals surface area contributed by atoms with Gasteiger partial charge in [0.15, 0.2) is 0 Å². The molecule has 2 nitrogen and oxygen atoms in total. The molecular weight excluding hydrogens is 116 g/mol. The summed E-state index contributed by atoms with van der Waals surface area (Å²) in [7, 11) is 0. The van der Waals surface area contributed by atoms with E-state index >= 15 is 0 Å². The Bertz CT molecular complexity index is 148. The summed E-state index contributed by atoms with van der Waals surface area (Å²) < 4.78 is 4.65. The van der Waals surface area contributed by atoms with Gasteiger partial charge in [0.05, 0.1) is 6.61 Å². The highest BCUT2D eigenvalue weighted by Gasteiger charge is 1.63. The zero-order chi connectivity index (χ0) is 6.95. The van der Waals surface area contributed by atoms with Gasteiger partial charge in [-0.15, -0.1) is 0 Å². The Morgan fingerprint density at radius 1 is 1.67 bits per heavy atom. The summed E-state index contributed by atoms with van der Waals surface area (Å²) in [5.41, 5.74) is 0. The normalized spacial score (nSPS) is 8.11. The van der Waals surface area contributed by atoms with Crippen molar-refractivity contribution in [3.8, 4) is 12.0 Å². The third-order valence-electron chi connectivity index (χ3n) is 0.534. The topological polar surface area (TPSA) is 26.3 Å². The van der Waals surface area contributed by atoms with Crippen molar-refractivity contribution in [3.63, 3.8) is 0 Å². The van der Waals surface area contributed by atoms with E-state index in [1.165, 1.54) is 12.2 Å². The number of aldehydes is 1. The van der Waals surface area contributed by atoms with Crippen molar-refractivity contribution < 1.29 is 9.53 Å². The molecular formula is C7H8O2. The molecule has 0 saturated heterocycles. The molecule has 0 fully saturated rings. The maximum absolute atomic E-state index is 9.64. The first-order chi connectivity index (χ1) is 4.41. The van der Waals surface area contributed by atoms with Crippen LogP contribution in [0.2, 0.25) is 0 Å². The molecule has 2 heteroatoms. The van der Waals surface area contributed by atoms with Crippen LogP contribution in [0.1, 0.15) is 6.92 Å². The van der Waals surface area contributed by atoms with Crippen LogP contribution < -0.4 is 0 Å². The van der Waals surface area contributed by atoms with Crippen LogP contribution in [0.25, 0.3) is 0 Å². The van der Waals surface area contributed by atoms with Crippen molar-refractivity contribution in [2.24, 2.45) is 0 Å². The zero-order valence-electron chi connectivity index (χ0n) is 5.26. The number of carbonyl (C=O) groups is 1. The van der Waals surface area contributed by atoms with Crippen LogP contribution in [-0.2, 0) is 9.53 Å². The summed E-state index contributed by atoms with van der Waals surface area (Å²) >= 11 is 0. The molecule has 0 radical (unpaired) electrons. The average molecular weight is 124 g/mol. The molecule has 9 heavy (non-hydrogen) atoms. The van der Waals surface area contributed by atoms with Crippen molar-refractivity contribution in [1.82, 2.24) is 0 Å². The quantitative estimate of drug-likeness (QED) is 0.308. The molecule has 0 heterocycles. The fourth-order valence-corrected chi connectivity index (χ4v) is 0.235. The molecule has 0 spiro atoms. The monoisotopic (exact) mass is 124 g/mol. The predicted molar refractivity (Wildman–Crippen MR) is 34.6 cm³/mol. The lowest BCUT2D eigenvalue weighted by Gasteiger charge is -1.81. The summed E-state index contributed by atoms with van der Waals surface area (Å²) in [4.78, 5) is 9.64. The first kappa shape index (κ1) is 7.77. The molecule has 0 atom stereocenters. The minimum atomic E-state index is 0.571. The molecule has 0 rings (SSSR count). The summed E-state index contributed by atoms with van der Waals surface area (Å²) in [5.74, 6) is 2.50. The van der Waals surface area contributed by atoms with Crippen molar-refractivity contribution in [3.05, 3.63) is 12.2 Å². The van der Waals surface area contributed by atoms with Gasteiger partial charge in [0.1, 0.15) is 12.4 Å². The van der Waals surface area contributed by atoms with E-state index < -0.39 is 0 Å². The van der Waals surface area contributed by atoms with Gasteiger partial charge in [-0.05, 0) is 25.0 Å². The van der Waals surface area contributed by atoms with E-state index in [-0.39, 0.29) is 0 Å². The highest BCUT2D eigenvalue weighted by atomic mass is 16.5. The third-order valence-corrected chi connectivity index (χ3v) is 0.534. The Morgan fingerprint density at radius 2 is 2.44 bits per heavy atom. The summed E-state index contributed by atoms with van der Waals surface area (Å²) in [5, 5.41) is 0.